The lowest BCUT2D eigenvalue weighted by atomic mass is 9.50. The predicted molar refractivity (Wildman–Crippen MR) is 179 cm³/mol. The molecule has 6 atom stereocenters. The Balaban J connectivity index is 1.22. The Morgan fingerprint density at radius 3 is 2.51 bits per heavy atom. The van der Waals surface area contributed by atoms with E-state index in [1.54, 1.807) is 0 Å². The van der Waals surface area contributed by atoms with Gasteiger partial charge in [0.2, 0.25) is 0 Å². The summed E-state index contributed by atoms with van der Waals surface area (Å²) < 4.78 is 52.6. The van der Waals surface area contributed by atoms with Gasteiger partial charge >= 0.3 is 12.1 Å². The zero-order valence-electron chi connectivity index (χ0n) is 28.1. The number of alkyl halides is 3. The summed E-state index contributed by atoms with van der Waals surface area (Å²) in [6, 6.07) is 18.9. The Morgan fingerprint density at radius 2 is 1.82 bits per heavy atom. The van der Waals surface area contributed by atoms with Crippen LogP contribution in [-0.4, -0.2) is 54.2 Å². The van der Waals surface area contributed by atoms with Crippen LogP contribution in [-0.2, 0) is 34.0 Å². The Bertz CT molecular complexity index is 1810. The van der Waals surface area contributed by atoms with Gasteiger partial charge in [-0.3, -0.25) is 9.59 Å². The lowest BCUT2D eigenvalue weighted by Gasteiger charge is -2.63. The summed E-state index contributed by atoms with van der Waals surface area (Å²) in [6.45, 7) is 9.07. The van der Waals surface area contributed by atoms with Gasteiger partial charge < -0.3 is 19.3 Å². The first-order chi connectivity index (χ1) is 23.4. The van der Waals surface area contributed by atoms with E-state index in [0.717, 1.165) is 85.2 Å². The maximum absolute atomic E-state index is 13.2. The molecule has 1 saturated carbocycles. The van der Waals surface area contributed by atoms with E-state index in [2.05, 4.69) is 61.3 Å². The van der Waals surface area contributed by atoms with Crippen LogP contribution in [0.1, 0.15) is 67.9 Å². The van der Waals surface area contributed by atoms with Crippen molar-refractivity contribution >= 4 is 11.9 Å². The maximum atomic E-state index is 13.2. The average Bonchev–Trinajstić information content (AvgIpc) is 3.40. The number of benzene rings is 3. The Hall–Kier alpha value is -4.29. The predicted octanol–water partition coefficient (Wildman–Crippen LogP) is 6.62. The first kappa shape index (κ1) is 33.2. The summed E-state index contributed by atoms with van der Waals surface area (Å²) in [4.78, 5) is 25.5. The van der Waals surface area contributed by atoms with Crippen molar-refractivity contribution in [2.45, 2.75) is 82.7 Å². The normalized spacial score (nSPS) is 27.7. The molecule has 6 nitrogen and oxygen atoms in total. The monoisotopic (exact) mass is 671 g/mol. The van der Waals surface area contributed by atoms with Gasteiger partial charge in [-0.25, -0.2) is 0 Å². The number of nitrogens with one attached hydrogen (secondary N) is 1. The molecule has 0 aromatic heterocycles. The number of carbonyl (C=O) groups is 2. The minimum Gasteiger partial charge on any atom is -0.487 e. The van der Waals surface area contributed by atoms with Crippen LogP contribution < -0.4 is 14.8 Å². The Kier molecular flexibility index (Phi) is 8.51. The van der Waals surface area contributed by atoms with Gasteiger partial charge in [-0.15, -0.1) is 0 Å². The van der Waals surface area contributed by atoms with E-state index in [4.69, 9.17) is 9.47 Å². The van der Waals surface area contributed by atoms with Gasteiger partial charge in [0.1, 0.15) is 17.6 Å². The summed E-state index contributed by atoms with van der Waals surface area (Å²) in [5.74, 6) is 6.66. The Morgan fingerprint density at radius 1 is 1.06 bits per heavy atom. The SMILES string of the molecule is CC(=O)Oc1ccc2c3c1C[C@@H]1[C@@H]4CC[C@@H](NC(=O)C#Cc5ccc(C(F)(F)F)cc5)[C@H](O2)[C@]34CC[N+]1(CCc1ccccc1)CC(C)C. The molecule has 9 heteroatoms. The van der Waals surface area contributed by atoms with Gasteiger partial charge in [0.05, 0.1) is 42.7 Å². The van der Waals surface area contributed by atoms with Crippen molar-refractivity contribution in [3.05, 3.63) is 94.5 Å². The molecule has 49 heavy (non-hydrogen) atoms. The second-order valence-electron chi connectivity index (χ2n) is 14.7. The maximum Gasteiger partial charge on any atom is 0.416 e. The van der Waals surface area contributed by atoms with Crippen molar-refractivity contribution in [1.29, 1.82) is 0 Å². The molecule has 2 heterocycles. The number of halogens is 3. The molecular weight excluding hydrogens is 629 g/mol. The molecule has 0 radical (unpaired) electrons. The Labute approximate surface area is 285 Å². The molecule has 1 N–H and O–H groups in total. The molecular formula is C40H42F3N2O4+. The fourth-order valence-corrected chi connectivity index (χ4v) is 9.69. The third-order valence-electron chi connectivity index (χ3n) is 11.3. The van der Waals surface area contributed by atoms with Gasteiger partial charge in [-0.2, -0.15) is 13.2 Å². The average molecular weight is 672 g/mol. The quantitative estimate of drug-likeness (QED) is 0.133. The minimum absolute atomic E-state index is 0.289. The third kappa shape index (κ3) is 5.99. The molecule has 1 saturated heterocycles. The molecule has 3 aromatic rings. The molecule has 2 aliphatic heterocycles. The first-order valence-corrected chi connectivity index (χ1v) is 17.3. The molecule has 7 rings (SSSR count). The minimum atomic E-state index is -4.44. The van der Waals surface area contributed by atoms with Gasteiger partial charge in [-0.05, 0) is 54.8 Å². The number of hydrogen-bond donors (Lipinski definition) is 1. The van der Waals surface area contributed by atoms with Crippen molar-refractivity contribution in [3.8, 4) is 23.3 Å². The topological polar surface area (TPSA) is 64.6 Å². The van der Waals surface area contributed by atoms with E-state index in [9.17, 15) is 22.8 Å². The van der Waals surface area contributed by atoms with E-state index in [1.165, 1.54) is 24.6 Å². The van der Waals surface area contributed by atoms with E-state index < -0.39 is 17.6 Å². The number of rotatable bonds is 7. The standard InChI is InChI=1S/C40H41F3N2O4/c1-25(2)24-45(21-19-27-7-5-4-6-8-27)22-20-39-31-14-15-32(44-36(47)18-11-28-9-12-29(13-10-28)40(41,42)43)38(39)49-35-17-16-34(48-26(3)46)30(37(35)39)23-33(31)45/h4-10,12-13,16-17,25,31-33,38H,14-15,19-24H2,1-3H3/p+1/t31-,32+,33+,38-,39-,45?/m0/s1. The van der Waals surface area contributed by atoms with E-state index in [1.807, 2.05) is 12.1 Å². The van der Waals surface area contributed by atoms with E-state index in [0.29, 0.717) is 23.1 Å². The fraction of sp³-hybridized carbons (Fsp3) is 0.450. The second kappa shape index (κ2) is 12.5. The second-order valence-corrected chi connectivity index (χ2v) is 14.7. The molecule has 2 fully saturated rings. The summed E-state index contributed by atoms with van der Waals surface area (Å²) >= 11 is 0. The summed E-state index contributed by atoms with van der Waals surface area (Å²) in [6.07, 6.45) is -0.472. The highest BCUT2D eigenvalue weighted by Crippen LogP contribution is 2.64. The number of quaternary nitrogens is 1. The van der Waals surface area contributed by atoms with Crippen molar-refractivity contribution in [1.82, 2.24) is 5.32 Å². The number of amides is 1. The van der Waals surface area contributed by atoms with Crippen LogP contribution in [0.2, 0.25) is 0 Å². The highest BCUT2D eigenvalue weighted by molar-refractivity contribution is 5.94. The molecule has 256 valence electrons. The molecule has 2 bridgehead atoms. The van der Waals surface area contributed by atoms with Crippen LogP contribution in [0.25, 0.3) is 0 Å². The number of hydrogen-bond acceptors (Lipinski definition) is 4. The lowest BCUT2D eigenvalue weighted by molar-refractivity contribution is -0.964. The summed E-state index contributed by atoms with van der Waals surface area (Å²) in [5.41, 5.74) is 2.73. The van der Waals surface area contributed by atoms with Gasteiger partial charge in [-0.1, -0.05) is 50.1 Å². The van der Waals surface area contributed by atoms with Gasteiger partial charge in [0, 0.05) is 60.6 Å². The molecule has 4 aliphatic rings. The van der Waals surface area contributed by atoms with Crippen LogP contribution in [0.3, 0.4) is 0 Å². The van der Waals surface area contributed by atoms with E-state index in [-0.39, 0.29) is 29.6 Å². The number of ether oxygens (including phenoxy) is 2. The van der Waals surface area contributed by atoms with Crippen LogP contribution in [0.15, 0.2) is 66.7 Å². The molecule has 1 unspecified atom stereocenters. The van der Waals surface area contributed by atoms with Crippen LogP contribution in [0.5, 0.6) is 11.5 Å². The van der Waals surface area contributed by atoms with Crippen molar-refractivity contribution in [3.63, 3.8) is 0 Å². The third-order valence-corrected chi connectivity index (χ3v) is 11.3. The van der Waals surface area contributed by atoms with Gasteiger partial charge in [0.25, 0.3) is 5.91 Å². The van der Waals surface area contributed by atoms with E-state index >= 15 is 0 Å². The number of nitrogens with zero attached hydrogens (tertiary/aromatic N) is 1. The number of carbonyl (C=O) groups excluding carboxylic acids is 2. The van der Waals surface area contributed by atoms with Crippen LogP contribution >= 0.6 is 0 Å². The highest BCUT2D eigenvalue weighted by atomic mass is 19.4. The molecule has 3 aromatic carbocycles. The number of esters is 1. The van der Waals surface area contributed by atoms with Crippen LogP contribution in [0, 0.1) is 23.7 Å². The van der Waals surface area contributed by atoms with Crippen LogP contribution in [0.4, 0.5) is 13.2 Å². The lowest BCUT2D eigenvalue weighted by Crippen LogP contribution is -2.75. The zero-order chi connectivity index (χ0) is 34.6. The molecule has 1 spiro atoms. The first-order valence-electron chi connectivity index (χ1n) is 17.3. The summed E-state index contributed by atoms with van der Waals surface area (Å²) in [5, 5.41) is 3.13. The van der Waals surface area contributed by atoms with Crippen molar-refractivity contribution in [2.24, 2.45) is 11.8 Å². The molecule has 2 aliphatic carbocycles. The highest BCUT2D eigenvalue weighted by Gasteiger charge is 2.69. The summed E-state index contributed by atoms with van der Waals surface area (Å²) in [7, 11) is 0. The van der Waals surface area contributed by atoms with Crippen molar-refractivity contribution < 1.29 is 36.7 Å². The molecule has 1 amide bonds. The zero-order valence-corrected chi connectivity index (χ0v) is 28.1. The fourth-order valence-electron chi connectivity index (χ4n) is 9.69. The smallest absolute Gasteiger partial charge is 0.416 e. The number of likely N-dealkylation sites (tertiary alicyclic amines) is 1. The van der Waals surface area contributed by atoms with Crippen molar-refractivity contribution in [2.75, 3.05) is 19.6 Å². The van der Waals surface area contributed by atoms with Gasteiger partial charge in [0.15, 0.2) is 0 Å². The largest absolute Gasteiger partial charge is 0.487 e. The number of piperidine rings is 1.